The second-order valence-electron chi connectivity index (χ2n) is 7.86. The Labute approximate surface area is 149 Å². The zero-order valence-corrected chi connectivity index (χ0v) is 15.6. The molecule has 2 aliphatic rings. The van der Waals surface area contributed by atoms with Crippen molar-refractivity contribution in [3.63, 3.8) is 0 Å². The third kappa shape index (κ3) is 3.79. The third-order valence-corrected chi connectivity index (χ3v) is 4.57. The van der Waals surface area contributed by atoms with E-state index in [0.717, 1.165) is 36.6 Å². The fourth-order valence-corrected chi connectivity index (χ4v) is 3.51. The van der Waals surface area contributed by atoms with Crippen LogP contribution < -0.4 is 10.6 Å². The summed E-state index contributed by atoms with van der Waals surface area (Å²) >= 11 is 0. The standard InChI is InChI=1S/C19H28N4O2/c1-18(2,3)22-17-19(21-15-9-6-5-8-14(15)20-17)10-7-11-23(13-19)16(24)12-25-4/h5-6,8-9,21H,7,10-13H2,1-4H3,(H,20,22). The van der Waals surface area contributed by atoms with Crippen molar-refractivity contribution in [2.75, 3.05) is 37.4 Å². The van der Waals surface area contributed by atoms with Gasteiger partial charge in [0.05, 0.1) is 23.5 Å². The van der Waals surface area contributed by atoms with E-state index in [9.17, 15) is 4.79 Å². The van der Waals surface area contributed by atoms with E-state index in [-0.39, 0.29) is 23.6 Å². The summed E-state index contributed by atoms with van der Waals surface area (Å²) in [5.41, 5.74) is 1.48. The number of hydrogen-bond donors (Lipinski definition) is 2. The van der Waals surface area contributed by atoms with Gasteiger partial charge in [0.2, 0.25) is 5.91 Å². The van der Waals surface area contributed by atoms with Gasteiger partial charge in [0, 0.05) is 13.7 Å². The van der Waals surface area contributed by atoms with Crippen LogP contribution in [0, 0.1) is 0 Å². The van der Waals surface area contributed by atoms with Gasteiger partial charge in [-0.3, -0.25) is 9.79 Å². The predicted molar refractivity (Wildman–Crippen MR) is 101 cm³/mol. The molecule has 0 aromatic heterocycles. The second-order valence-corrected chi connectivity index (χ2v) is 7.86. The molecule has 1 spiro atoms. The number of amidine groups is 1. The van der Waals surface area contributed by atoms with Gasteiger partial charge in [0.15, 0.2) is 0 Å². The van der Waals surface area contributed by atoms with Crippen molar-refractivity contribution in [2.24, 2.45) is 4.99 Å². The Kier molecular flexibility index (Phi) is 4.73. The van der Waals surface area contributed by atoms with Crippen LogP contribution in [0.1, 0.15) is 33.6 Å². The summed E-state index contributed by atoms with van der Waals surface area (Å²) in [5, 5.41) is 7.21. The number of benzene rings is 1. The van der Waals surface area contributed by atoms with Crippen LogP contribution in [-0.4, -0.2) is 54.5 Å². The number of aliphatic imine (C=N–C) groups is 1. The second kappa shape index (κ2) is 6.67. The molecule has 1 aromatic rings. The molecule has 1 aromatic carbocycles. The van der Waals surface area contributed by atoms with E-state index in [1.165, 1.54) is 0 Å². The number of piperidine rings is 1. The van der Waals surface area contributed by atoms with Gasteiger partial charge in [0.25, 0.3) is 0 Å². The molecule has 2 aliphatic heterocycles. The molecular formula is C19H28N4O2. The fourth-order valence-electron chi connectivity index (χ4n) is 3.51. The van der Waals surface area contributed by atoms with Gasteiger partial charge in [0.1, 0.15) is 18.0 Å². The Morgan fingerprint density at radius 2 is 2.04 bits per heavy atom. The van der Waals surface area contributed by atoms with Crippen LogP contribution in [0.5, 0.6) is 0 Å². The lowest BCUT2D eigenvalue weighted by Crippen LogP contribution is -2.63. The minimum atomic E-state index is -0.386. The summed E-state index contributed by atoms with van der Waals surface area (Å²) in [7, 11) is 1.56. The maximum Gasteiger partial charge on any atom is 0.248 e. The molecule has 0 bridgehead atoms. The summed E-state index contributed by atoms with van der Waals surface area (Å²) in [5.74, 6) is 0.936. The van der Waals surface area contributed by atoms with E-state index in [1.54, 1.807) is 7.11 Å². The normalized spacial score (nSPS) is 24.6. The quantitative estimate of drug-likeness (QED) is 0.866. The summed E-state index contributed by atoms with van der Waals surface area (Å²) in [6.07, 6.45) is 1.86. The van der Waals surface area contributed by atoms with E-state index in [1.807, 2.05) is 23.1 Å². The van der Waals surface area contributed by atoms with Crippen LogP contribution in [0.3, 0.4) is 0 Å². The zero-order chi connectivity index (χ0) is 18.1. The lowest BCUT2D eigenvalue weighted by atomic mass is 9.84. The number of carbonyl (C=O) groups excluding carboxylic acids is 1. The summed E-state index contributed by atoms with van der Waals surface area (Å²) in [6.45, 7) is 7.74. The van der Waals surface area contributed by atoms with Crippen molar-refractivity contribution < 1.29 is 9.53 Å². The molecule has 25 heavy (non-hydrogen) atoms. The maximum absolute atomic E-state index is 12.4. The van der Waals surface area contributed by atoms with Crippen molar-refractivity contribution in [1.29, 1.82) is 0 Å². The van der Waals surface area contributed by atoms with Crippen LogP contribution >= 0.6 is 0 Å². The first-order chi connectivity index (χ1) is 11.8. The Balaban J connectivity index is 1.98. The Bertz CT molecular complexity index is 680. The first kappa shape index (κ1) is 17.7. The number of nitrogens with one attached hydrogen (secondary N) is 2. The molecule has 1 amide bonds. The lowest BCUT2D eigenvalue weighted by Gasteiger charge is -2.47. The van der Waals surface area contributed by atoms with Crippen LogP contribution in [-0.2, 0) is 9.53 Å². The molecule has 3 rings (SSSR count). The van der Waals surface area contributed by atoms with E-state index >= 15 is 0 Å². The third-order valence-electron chi connectivity index (χ3n) is 4.57. The number of methoxy groups -OCH3 is 1. The van der Waals surface area contributed by atoms with Crippen LogP contribution in [0.4, 0.5) is 11.4 Å². The number of ether oxygens (including phenoxy) is 1. The number of rotatable bonds is 2. The highest BCUT2D eigenvalue weighted by molar-refractivity contribution is 6.10. The molecule has 1 fully saturated rings. The number of fused-ring (bicyclic) bond motifs is 1. The number of hydrogen-bond acceptors (Lipinski definition) is 4. The monoisotopic (exact) mass is 344 g/mol. The molecule has 2 heterocycles. The Hall–Kier alpha value is -2.08. The van der Waals surface area contributed by atoms with E-state index < -0.39 is 0 Å². The largest absolute Gasteiger partial charge is 0.375 e. The average molecular weight is 344 g/mol. The number of para-hydroxylation sites is 2. The van der Waals surface area contributed by atoms with Crippen LogP contribution in [0.2, 0.25) is 0 Å². The molecule has 6 nitrogen and oxygen atoms in total. The van der Waals surface area contributed by atoms with Crippen molar-refractivity contribution >= 4 is 23.1 Å². The molecule has 0 radical (unpaired) electrons. The molecule has 0 saturated carbocycles. The summed E-state index contributed by atoms with van der Waals surface area (Å²) in [6, 6.07) is 8.14. The summed E-state index contributed by atoms with van der Waals surface area (Å²) in [4.78, 5) is 19.2. The lowest BCUT2D eigenvalue weighted by molar-refractivity contribution is -0.136. The van der Waals surface area contributed by atoms with Crippen LogP contribution in [0.25, 0.3) is 0 Å². The number of carbonyl (C=O) groups is 1. The van der Waals surface area contributed by atoms with E-state index in [0.29, 0.717) is 6.54 Å². The molecule has 1 unspecified atom stereocenters. The minimum Gasteiger partial charge on any atom is -0.375 e. The smallest absolute Gasteiger partial charge is 0.248 e. The van der Waals surface area contributed by atoms with Gasteiger partial charge in [-0.2, -0.15) is 0 Å². The number of anilines is 2. The highest BCUT2D eigenvalue weighted by atomic mass is 16.5. The number of likely N-dealkylation sites (tertiary alicyclic amines) is 1. The first-order valence-electron chi connectivity index (χ1n) is 8.84. The molecule has 1 atom stereocenters. The van der Waals surface area contributed by atoms with E-state index in [2.05, 4.69) is 37.5 Å². The highest BCUT2D eigenvalue weighted by Gasteiger charge is 2.44. The Morgan fingerprint density at radius 3 is 2.72 bits per heavy atom. The average Bonchev–Trinajstić information content (AvgIpc) is 2.55. The van der Waals surface area contributed by atoms with Crippen molar-refractivity contribution in [3.05, 3.63) is 24.3 Å². The molecular weight excluding hydrogens is 316 g/mol. The summed E-state index contributed by atoms with van der Waals surface area (Å²) < 4.78 is 5.04. The molecule has 2 N–H and O–H groups in total. The topological polar surface area (TPSA) is 66.0 Å². The molecule has 136 valence electrons. The fraction of sp³-hybridized carbons (Fsp3) is 0.579. The zero-order valence-electron chi connectivity index (χ0n) is 15.6. The number of nitrogens with zero attached hydrogens (tertiary/aromatic N) is 2. The minimum absolute atomic E-state index is 0.0253. The molecule has 0 aliphatic carbocycles. The highest BCUT2D eigenvalue weighted by Crippen LogP contribution is 2.36. The van der Waals surface area contributed by atoms with Crippen molar-refractivity contribution in [3.8, 4) is 0 Å². The molecule has 1 saturated heterocycles. The SMILES string of the molecule is COCC(=O)N1CCCC2(C1)Nc1ccccc1NC2=NC(C)(C)C. The Morgan fingerprint density at radius 1 is 1.32 bits per heavy atom. The van der Waals surface area contributed by atoms with E-state index in [4.69, 9.17) is 9.73 Å². The van der Waals surface area contributed by atoms with Crippen molar-refractivity contribution in [1.82, 2.24) is 4.90 Å². The van der Waals surface area contributed by atoms with Gasteiger partial charge in [-0.05, 0) is 45.7 Å². The first-order valence-corrected chi connectivity index (χ1v) is 8.84. The van der Waals surface area contributed by atoms with Gasteiger partial charge < -0.3 is 20.3 Å². The predicted octanol–water partition coefficient (Wildman–Crippen LogP) is 2.73. The maximum atomic E-state index is 12.4. The molecule has 6 heteroatoms. The van der Waals surface area contributed by atoms with Gasteiger partial charge in [-0.1, -0.05) is 12.1 Å². The van der Waals surface area contributed by atoms with Gasteiger partial charge in [-0.25, -0.2) is 0 Å². The van der Waals surface area contributed by atoms with Gasteiger partial charge in [-0.15, -0.1) is 0 Å². The number of amides is 1. The van der Waals surface area contributed by atoms with Crippen LogP contribution in [0.15, 0.2) is 29.3 Å². The van der Waals surface area contributed by atoms with Gasteiger partial charge >= 0.3 is 0 Å². The van der Waals surface area contributed by atoms with Crippen molar-refractivity contribution in [2.45, 2.75) is 44.7 Å².